The minimum Gasteiger partial charge on any atom is -0.545 e. The first-order chi connectivity index (χ1) is 7.16. The molecule has 0 amide bonds. The van der Waals surface area contributed by atoms with Crippen LogP contribution >= 0.6 is 0 Å². The second-order valence-corrected chi connectivity index (χ2v) is 2.61. The Morgan fingerprint density at radius 2 is 1.93 bits per heavy atom. The Bertz CT molecular complexity index is 428. The predicted octanol–water partition coefficient (Wildman–Crippen LogP) is -0.160. The monoisotopic (exact) mass is 203 g/mol. The Hall–Kier alpha value is -2.28. The van der Waals surface area contributed by atoms with Crippen LogP contribution in [0.4, 0.5) is 0 Å². The largest absolute Gasteiger partial charge is 0.545 e. The number of ether oxygens (including phenoxy) is 1. The highest BCUT2D eigenvalue weighted by Crippen LogP contribution is 2.09. The second kappa shape index (κ2) is 4.82. The van der Waals surface area contributed by atoms with Crippen LogP contribution in [0.3, 0.4) is 0 Å². The van der Waals surface area contributed by atoms with E-state index in [-0.39, 0.29) is 17.7 Å². The Morgan fingerprint density at radius 3 is 2.47 bits per heavy atom. The van der Waals surface area contributed by atoms with Gasteiger partial charge in [0.1, 0.15) is 0 Å². The standard InChI is InChI=1S/C11H8O4/c1-2-7-15-11(14)9-6-4-3-5-8(9)10(12)13/h1,3-6H,7H2,(H,12,13)/p-1. The molecule has 0 saturated heterocycles. The maximum absolute atomic E-state index is 11.3. The predicted molar refractivity (Wildman–Crippen MR) is 49.9 cm³/mol. The Labute approximate surface area is 86.5 Å². The first kappa shape index (κ1) is 10.8. The SMILES string of the molecule is C#CCOC(=O)c1ccccc1C(=O)[O-]. The highest BCUT2D eigenvalue weighted by atomic mass is 16.5. The van der Waals surface area contributed by atoms with Crippen LogP contribution in [0.2, 0.25) is 0 Å². The summed E-state index contributed by atoms with van der Waals surface area (Å²) < 4.78 is 4.60. The number of rotatable bonds is 3. The van der Waals surface area contributed by atoms with E-state index >= 15 is 0 Å². The average molecular weight is 203 g/mol. The number of carboxylic acid groups (broad SMARTS) is 1. The molecular formula is C11H7O4-. The number of carbonyl (C=O) groups is 2. The van der Waals surface area contributed by atoms with E-state index in [0.717, 1.165) is 0 Å². The molecule has 0 aliphatic heterocycles. The maximum atomic E-state index is 11.3. The first-order valence-electron chi connectivity index (χ1n) is 4.07. The second-order valence-electron chi connectivity index (χ2n) is 2.61. The number of hydrogen-bond acceptors (Lipinski definition) is 4. The number of aromatic carboxylic acids is 1. The summed E-state index contributed by atoms with van der Waals surface area (Å²) in [5.41, 5.74) is -0.271. The third kappa shape index (κ3) is 2.58. The van der Waals surface area contributed by atoms with E-state index in [4.69, 9.17) is 6.42 Å². The zero-order valence-electron chi connectivity index (χ0n) is 7.73. The van der Waals surface area contributed by atoms with Crippen molar-refractivity contribution in [1.82, 2.24) is 0 Å². The van der Waals surface area contributed by atoms with Gasteiger partial charge in [0, 0.05) is 5.56 Å². The molecule has 0 unspecified atom stereocenters. The van der Waals surface area contributed by atoms with Gasteiger partial charge in [-0.25, -0.2) is 4.79 Å². The minimum absolute atomic E-state index is 0.0623. The summed E-state index contributed by atoms with van der Waals surface area (Å²) in [6, 6.07) is 5.62. The number of carbonyl (C=O) groups excluding carboxylic acids is 2. The Kier molecular flexibility index (Phi) is 3.47. The van der Waals surface area contributed by atoms with E-state index in [1.54, 1.807) is 0 Å². The number of hydrogen-bond donors (Lipinski definition) is 0. The molecule has 0 atom stereocenters. The van der Waals surface area contributed by atoms with Gasteiger partial charge in [-0.05, 0) is 6.07 Å². The first-order valence-corrected chi connectivity index (χ1v) is 4.07. The van der Waals surface area contributed by atoms with Gasteiger partial charge in [-0.3, -0.25) is 0 Å². The molecule has 0 aliphatic carbocycles. The molecule has 0 N–H and O–H groups in total. The quantitative estimate of drug-likeness (QED) is 0.505. The van der Waals surface area contributed by atoms with E-state index in [2.05, 4.69) is 10.7 Å². The molecule has 1 rings (SSSR count). The number of terminal acetylenes is 1. The highest BCUT2D eigenvalue weighted by molar-refractivity contribution is 6.01. The van der Waals surface area contributed by atoms with Gasteiger partial charge in [0.25, 0.3) is 0 Å². The lowest BCUT2D eigenvalue weighted by Gasteiger charge is -2.08. The van der Waals surface area contributed by atoms with Crippen molar-refractivity contribution in [3.05, 3.63) is 35.4 Å². The summed E-state index contributed by atoms with van der Waals surface area (Å²) in [5, 5.41) is 10.6. The summed E-state index contributed by atoms with van der Waals surface area (Å²) in [6.45, 7) is -0.194. The molecule has 0 fully saturated rings. The molecule has 1 aromatic carbocycles. The molecule has 15 heavy (non-hydrogen) atoms. The molecule has 4 nitrogen and oxygen atoms in total. The van der Waals surface area contributed by atoms with Crippen molar-refractivity contribution in [3.63, 3.8) is 0 Å². The zero-order valence-corrected chi connectivity index (χ0v) is 7.73. The molecule has 1 aromatic rings. The van der Waals surface area contributed by atoms with E-state index in [1.165, 1.54) is 24.3 Å². The molecule has 0 saturated carbocycles. The van der Waals surface area contributed by atoms with Crippen molar-refractivity contribution in [1.29, 1.82) is 0 Å². The third-order valence-electron chi connectivity index (χ3n) is 1.65. The molecule has 0 spiro atoms. The summed E-state index contributed by atoms with van der Waals surface area (Å²) >= 11 is 0. The normalized spacial score (nSPS) is 9.00. The van der Waals surface area contributed by atoms with Crippen molar-refractivity contribution in [2.24, 2.45) is 0 Å². The van der Waals surface area contributed by atoms with Crippen molar-refractivity contribution >= 4 is 11.9 Å². The average Bonchev–Trinajstić information content (AvgIpc) is 2.25. The minimum atomic E-state index is -1.43. The fourth-order valence-corrected chi connectivity index (χ4v) is 1.02. The van der Waals surface area contributed by atoms with Crippen LogP contribution in [0.15, 0.2) is 24.3 Å². The third-order valence-corrected chi connectivity index (χ3v) is 1.65. The Balaban J connectivity index is 2.98. The van der Waals surface area contributed by atoms with Crippen LogP contribution in [-0.2, 0) is 4.74 Å². The van der Waals surface area contributed by atoms with Gasteiger partial charge in [-0.15, -0.1) is 6.42 Å². The molecule has 0 heterocycles. The lowest BCUT2D eigenvalue weighted by Crippen LogP contribution is -2.25. The number of esters is 1. The van der Waals surface area contributed by atoms with Crippen molar-refractivity contribution < 1.29 is 19.4 Å². The van der Waals surface area contributed by atoms with Crippen molar-refractivity contribution in [3.8, 4) is 12.3 Å². The van der Waals surface area contributed by atoms with Gasteiger partial charge in [0.05, 0.1) is 11.5 Å². The smallest absolute Gasteiger partial charge is 0.339 e. The van der Waals surface area contributed by atoms with Crippen LogP contribution in [0, 0.1) is 12.3 Å². The van der Waals surface area contributed by atoms with Crippen LogP contribution in [0.25, 0.3) is 0 Å². The molecule has 0 radical (unpaired) electrons. The van der Waals surface area contributed by atoms with Crippen LogP contribution in [0.5, 0.6) is 0 Å². The fraction of sp³-hybridized carbons (Fsp3) is 0.0909. The van der Waals surface area contributed by atoms with Gasteiger partial charge in [-0.1, -0.05) is 24.1 Å². The van der Waals surface area contributed by atoms with Crippen molar-refractivity contribution in [2.75, 3.05) is 6.61 Å². The molecular weight excluding hydrogens is 196 g/mol. The van der Waals surface area contributed by atoms with Crippen LogP contribution in [0.1, 0.15) is 20.7 Å². The number of carboxylic acids is 1. The summed E-state index contributed by atoms with van der Waals surface area (Å²) in [7, 11) is 0. The summed E-state index contributed by atoms with van der Waals surface area (Å²) in [6.07, 6.45) is 4.90. The molecule has 76 valence electrons. The van der Waals surface area contributed by atoms with E-state index in [0.29, 0.717) is 0 Å². The van der Waals surface area contributed by atoms with Gasteiger partial charge in [0.2, 0.25) is 0 Å². The summed E-state index contributed by atoms with van der Waals surface area (Å²) in [5.74, 6) is -0.0872. The lowest BCUT2D eigenvalue weighted by atomic mass is 10.1. The Morgan fingerprint density at radius 1 is 1.33 bits per heavy atom. The van der Waals surface area contributed by atoms with Gasteiger partial charge in [0.15, 0.2) is 6.61 Å². The van der Waals surface area contributed by atoms with Gasteiger partial charge in [-0.2, -0.15) is 0 Å². The van der Waals surface area contributed by atoms with E-state index < -0.39 is 11.9 Å². The molecule has 0 bridgehead atoms. The van der Waals surface area contributed by atoms with Gasteiger partial charge >= 0.3 is 5.97 Å². The molecule has 0 aromatic heterocycles. The number of benzene rings is 1. The lowest BCUT2D eigenvalue weighted by molar-refractivity contribution is -0.255. The molecule has 4 heteroatoms. The summed E-state index contributed by atoms with van der Waals surface area (Å²) in [4.78, 5) is 22.0. The highest BCUT2D eigenvalue weighted by Gasteiger charge is 2.11. The van der Waals surface area contributed by atoms with Gasteiger partial charge < -0.3 is 14.6 Å². The van der Waals surface area contributed by atoms with Crippen LogP contribution in [-0.4, -0.2) is 18.5 Å². The molecule has 0 aliphatic rings. The fourth-order valence-electron chi connectivity index (χ4n) is 1.02. The van der Waals surface area contributed by atoms with Crippen LogP contribution < -0.4 is 5.11 Å². The topological polar surface area (TPSA) is 66.4 Å². The van der Waals surface area contributed by atoms with E-state index in [1.807, 2.05) is 0 Å². The maximum Gasteiger partial charge on any atom is 0.339 e. The van der Waals surface area contributed by atoms with Crippen molar-refractivity contribution in [2.45, 2.75) is 0 Å². The van der Waals surface area contributed by atoms with E-state index in [9.17, 15) is 14.7 Å². The zero-order chi connectivity index (χ0) is 11.3.